The second kappa shape index (κ2) is 7.93. The molecule has 5 heteroatoms. The molecule has 0 aliphatic rings. The molecule has 27 heavy (non-hydrogen) atoms. The number of aromatic nitrogens is 1. The SMILES string of the molecule is S=C(Nc1ccc(OCc2ccccc2)cc1)Nc1ccc2[nH]ccc2c1. The molecule has 1 aromatic heterocycles. The molecule has 1 heterocycles. The van der Waals surface area contributed by atoms with E-state index in [1.165, 1.54) is 0 Å². The first-order valence-electron chi connectivity index (χ1n) is 8.68. The van der Waals surface area contributed by atoms with E-state index in [4.69, 9.17) is 17.0 Å². The topological polar surface area (TPSA) is 49.1 Å². The summed E-state index contributed by atoms with van der Waals surface area (Å²) in [6.07, 6.45) is 1.92. The van der Waals surface area contributed by atoms with Crippen molar-refractivity contribution in [3.63, 3.8) is 0 Å². The van der Waals surface area contributed by atoms with Crippen molar-refractivity contribution in [1.29, 1.82) is 0 Å². The van der Waals surface area contributed by atoms with E-state index in [0.717, 1.165) is 33.6 Å². The molecule has 4 rings (SSSR count). The van der Waals surface area contributed by atoms with Crippen LogP contribution in [0.25, 0.3) is 10.9 Å². The third kappa shape index (κ3) is 4.46. The van der Waals surface area contributed by atoms with Crippen molar-refractivity contribution >= 4 is 39.6 Å². The third-order valence-electron chi connectivity index (χ3n) is 4.17. The fourth-order valence-corrected chi connectivity index (χ4v) is 3.04. The molecular formula is C22H19N3OS. The number of aromatic amines is 1. The summed E-state index contributed by atoms with van der Waals surface area (Å²) < 4.78 is 5.80. The number of H-pyrrole nitrogens is 1. The molecule has 0 unspecified atom stereocenters. The zero-order valence-electron chi connectivity index (χ0n) is 14.6. The molecule has 4 nitrogen and oxygen atoms in total. The van der Waals surface area contributed by atoms with Crippen molar-refractivity contribution in [3.05, 3.63) is 90.6 Å². The number of rotatable bonds is 5. The van der Waals surface area contributed by atoms with Crippen molar-refractivity contribution in [2.75, 3.05) is 10.6 Å². The molecule has 0 saturated heterocycles. The average molecular weight is 373 g/mol. The average Bonchev–Trinajstić information content (AvgIpc) is 3.16. The van der Waals surface area contributed by atoms with Gasteiger partial charge in [-0.3, -0.25) is 0 Å². The first kappa shape index (κ1) is 17.1. The number of anilines is 2. The lowest BCUT2D eigenvalue weighted by Gasteiger charge is -2.12. The van der Waals surface area contributed by atoms with Crippen molar-refractivity contribution < 1.29 is 4.74 Å². The minimum Gasteiger partial charge on any atom is -0.489 e. The Morgan fingerprint density at radius 3 is 2.41 bits per heavy atom. The minimum atomic E-state index is 0.544. The van der Waals surface area contributed by atoms with Crippen molar-refractivity contribution in [2.45, 2.75) is 6.61 Å². The predicted octanol–water partition coefficient (Wildman–Crippen LogP) is 5.56. The van der Waals surface area contributed by atoms with Gasteiger partial charge in [0.05, 0.1) is 0 Å². The molecule has 0 aliphatic heterocycles. The van der Waals surface area contributed by atoms with Crippen LogP contribution >= 0.6 is 12.2 Å². The van der Waals surface area contributed by atoms with E-state index < -0.39 is 0 Å². The molecular weight excluding hydrogens is 354 g/mol. The Kier molecular flexibility index (Phi) is 5.03. The minimum absolute atomic E-state index is 0.544. The highest BCUT2D eigenvalue weighted by Gasteiger charge is 2.02. The third-order valence-corrected chi connectivity index (χ3v) is 4.38. The van der Waals surface area contributed by atoms with Gasteiger partial charge in [0, 0.05) is 28.5 Å². The number of fused-ring (bicyclic) bond motifs is 1. The van der Waals surface area contributed by atoms with Crippen LogP contribution in [-0.2, 0) is 6.61 Å². The first-order chi connectivity index (χ1) is 13.3. The second-order valence-corrected chi connectivity index (χ2v) is 6.57. The number of ether oxygens (including phenoxy) is 1. The fraction of sp³-hybridized carbons (Fsp3) is 0.0455. The highest BCUT2D eigenvalue weighted by atomic mass is 32.1. The highest BCUT2D eigenvalue weighted by Crippen LogP contribution is 2.20. The summed E-state index contributed by atoms with van der Waals surface area (Å²) >= 11 is 5.41. The van der Waals surface area contributed by atoms with Gasteiger partial charge in [-0.25, -0.2) is 0 Å². The Labute approximate surface area is 163 Å². The van der Waals surface area contributed by atoms with Gasteiger partial charge in [-0.05, 0) is 66.3 Å². The van der Waals surface area contributed by atoms with Gasteiger partial charge in [-0.1, -0.05) is 30.3 Å². The van der Waals surface area contributed by atoms with E-state index in [1.54, 1.807) is 0 Å². The van der Waals surface area contributed by atoms with Crippen LogP contribution in [0.4, 0.5) is 11.4 Å². The zero-order chi connectivity index (χ0) is 18.5. The number of hydrogen-bond acceptors (Lipinski definition) is 2. The maximum atomic E-state index is 5.80. The Hall–Kier alpha value is -3.31. The Morgan fingerprint density at radius 1 is 0.852 bits per heavy atom. The number of thiocarbonyl (C=S) groups is 1. The maximum Gasteiger partial charge on any atom is 0.175 e. The largest absolute Gasteiger partial charge is 0.489 e. The molecule has 4 aromatic rings. The number of benzene rings is 3. The summed E-state index contributed by atoms with van der Waals surface area (Å²) in [6, 6.07) is 26.0. The van der Waals surface area contributed by atoms with Crippen molar-refractivity contribution in [3.8, 4) is 5.75 Å². The van der Waals surface area contributed by atoms with Gasteiger partial charge in [0.2, 0.25) is 0 Å². The van der Waals surface area contributed by atoms with Gasteiger partial charge < -0.3 is 20.4 Å². The van der Waals surface area contributed by atoms with Crippen LogP contribution in [0.3, 0.4) is 0 Å². The van der Waals surface area contributed by atoms with Crippen LogP contribution in [0.5, 0.6) is 5.75 Å². The van der Waals surface area contributed by atoms with Gasteiger partial charge in [-0.2, -0.15) is 0 Å². The monoisotopic (exact) mass is 373 g/mol. The predicted molar refractivity (Wildman–Crippen MR) is 115 cm³/mol. The van der Waals surface area contributed by atoms with E-state index in [9.17, 15) is 0 Å². The van der Waals surface area contributed by atoms with Gasteiger partial charge in [-0.15, -0.1) is 0 Å². The molecule has 3 N–H and O–H groups in total. The quantitative estimate of drug-likeness (QED) is 0.401. The Bertz CT molecular complexity index is 1040. The lowest BCUT2D eigenvalue weighted by Crippen LogP contribution is -2.18. The fourth-order valence-electron chi connectivity index (χ4n) is 2.80. The molecule has 134 valence electrons. The number of hydrogen-bond donors (Lipinski definition) is 3. The van der Waals surface area contributed by atoms with Crippen LogP contribution in [0.15, 0.2) is 85.1 Å². The molecule has 0 radical (unpaired) electrons. The standard InChI is InChI=1S/C22H19N3OS/c27-22(25-19-8-11-21-17(14-19)12-13-23-21)24-18-6-9-20(10-7-18)26-15-16-4-2-1-3-5-16/h1-14,23H,15H2,(H2,24,25,27). The molecule has 0 spiro atoms. The summed E-state index contributed by atoms with van der Waals surface area (Å²) in [6.45, 7) is 0.551. The van der Waals surface area contributed by atoms with E-state index in [2.05, 4.69) is 21.7 Å². The van der Waals surface area contributed by atoms with E-state index in [0.29, 0.717) is 11.7 Å². The maximum absolute atomic E-state index is 5.80. The summed E-state index contributed by atoms with van der Waals surface area (Å²) in [4.78, 5) is 3.18. The molecule has 0 bridgehead atoms. The van der Waals surface area contributed by atoms with Crippen LogP contribution in [0.1, 0.15) is 5.56 Å². The van der Waals surface area contributed by atoms with E-state index >= 15 is 0 Å². The summed E-state index contributed by atoms with van der Waals surface area (Å²) in [7, 11) is 0. The highest BCUT2D eigenvalue weighted by molar-refractivity contribution is 7.80. The molecule has 3 aromatic carbocycles. The van der Waals surface area contributed by atoms with Gasteiger partial charge in [0.25, 0.3) is 0 Å². The Morgan fingerprint density at radius 2 is 1.59 bits per heavy atom. The van der Waals surface area contributed by atoms with E-state index in [1.807, 2.05) is 79.0 Å². The van der Waals surface area contributed by atoms with Gasteiger partial charge in [0.1, 0.15) is 12.4 Å². The second-order valence-electron chi connectivity index (χ2n) is 6.16. The molecule has 0 fully saturated rings. The molecule has 0 atom stereocenters. The lowest BCUT2D eigenvalue weighted by molar-refractivity contribution is 0.306. The van der Waals surface area contributed by atoms with Gasteiger partial charge in [0.15, 0.2) is 5.11 Å². The number of nitrogens with one attached hydrogen (secondary N) is 3. The summed E-state index contributed by atoms with van der Waals surface area (Å²) in [5, 5.41) is 8.08. The van der Waals surface area contributed by atoms with Crippen LogP contribution in [-0.4, -0.2) is 10.1 Å². The Balaban J connectivity index is 1.32. The zero-order valence-corrected chi connectivity index (χ0v) is 15.4. The van der Waals surface area contributed by atoms with Crippen LogP contribution in [0, 0.1) is 0 Å². The molecule has 0 aliphatic carbocycles. The summed E-state index contributed by atoms with van der Waals surface area (Å²) in [5.74, 6) is 0.821. The van der Waals surface area contributed by atoms with Crippen molar-refractivity contribution in [1.82, 2.24) is 4.98 Å². The molecule has 0 amide bonds. The van der Waals surface area contributed by atoms with Crippen LogP contribution in [0.2, 0.25) is 0 Å². The lowest BCUT2D eigenvalue weighted by atomic mass is 10.2. The van der Waals surface area contributed by atoms with Gasteiger partial charge >= 0.3 is 0 Å². The smallest absolute Gasteiger partial charge is 0.175 e. The van der Waals surface area contributed by atoms with E-state index in [-0.39, 0.29) is 0 Å². The normalized spacial score (nSPS) is 10.5. The first-order valence-corrected chi connectivity index (χ1v) is 9.09. The summed E-state index contributed by atoms with van der Waals surface area (Å²) in [5.41, 5.74) is 4.10. The van der Waals surface area contributed by atoms with Crippen LogP contribution < -0.4 is 15.4 Å². The van der Waals surface area contributed by atoms with Crippen molar-refractivity contribution in [2.24, 2.45) is 0 Å². The molecule has 0 saturated carbocycles.